The third-order valence-corrected chi connectivity index (χ3v) is 0.856. The van der Waals surface area contributed by atoms with E-state index in [0.717, 1.165) is 0 Å². The molecule has 0 fully saturated rings. The molecule has 0 atom stereocenters. The molecule has 1 N–H and O–H groups in total. The van der Waals surface area contributed by atoms with Crippen LogP contribution in [-0.2, 0) is 4.57 Å². The van der Waals surface area contributed by atoms with Crippen molar-refractivity contribution in [2.24, 2.45) is 0 Å². The van der Waals surface area contributed by atoms with E-state index in [1.54, 1.807) is 0 Å². The molecule has 5 heteroatoms. The van der Waals surface area contributed by atoms with Crippen molar-refractivity contribution in [3.05, 3.63) is 12.5 Å². The third kappa shape index (κ3) is 1.04. The summed E-state index contributed by atoms with van der Waals surface area (Å²) in [5, 5.41) is 2.33. The average molecular weight is 130 g/mol. The Hall–Kier alpha value is -0.890. The van der Waals surface area contributed by atoms with E-state index < -0.39 is 0 Å². The van der Waals surface area contributed by atoms with Crippen molar-refractivity contribution in [2.75, 3.05) is 5.09 Å². The molecule has 1 aromatic rings. The van der Waals surface area contributed by atoms with E-state index in [4.69, 9.17) is 0 Å². The summed E-state index contributed by atoms with van der Waals surface area (Å²) in [6, 6.07) is 0.265. The molecular formula is C3H3N2O2P. The molecule has 0 unspecified atom stereocenters. The molecule has 1 heterocycles. The van der Waals surface area contributed by atoms with Crippen LogP contribution in [0.5, 0.6) is 0 Å². The van der Waals surface area contributed by atoms with E-state index >= 15 is 0 Å². The summed E-state index contributed by atoms with van der Waals surface area (Å²) in [5.74, 6) is 0. The van der Waals surface area contributed by atoms with E-state index in [9.17, 15) is 4.57 Å². The van der Waals surface area contributed by atoms with Gasteiger partial charge in [0, 0.05) is 0 Å². The first-order chi connectivity index (χ1) is 3.93. The molecule has 0 saturated carbocycles. The SMILES string of the molecule is O=PNc1ncco1. The summed E-state index contributed by atoms with van der Waals surface area (Å²) in [6.45, 7) is 0. The Morgan fingerprint density at radius 3 is 3.25 bits per heavy atom. The van der Waals surface area contributed by atoms with Gasteiger partial charge in [0.1, 0.15) is 6.26 Å². The zero-order chi connectivity index (χ0) is 5.82. The predicted molar refractivity (Wildman–Crippen MR) is 27.7 cm³/mol. The molecule has 1 rings (SSSR count). The maximum absolute atomic E-state index is 9.76. The van der Waals surface area contributed by atoms with Gasteiger partial charge in [-0.3, -0.25) is 5.09 Å². The lowest BCUT2D eigenvalue weighted by Gasteiger charge is -1.80. The zero-order valence-electron chi connectivity index (χ0n) is 3.87. The summed E-state index contributed by atoms with van der Waals surface area (Å²) in [4.78, 5) is 3.62. The van der Waals surface area contributed by atoms with Crippen LogP contribution < -0.4 is 5.09 Å². The summed E-state index contributed by atoms with van der Waals surface area (Å²) < 4.78 is 14.4. The molecule has 0 aromatic carbocycles. The number of hydrogen-bond donors (Lipinski definition) is 1. The third-order valence-electron chi connectivity index (χ3n) is 0.574. The number of aromatic nitrogens is 1. The van der Waals surface area contributed by atoms with Crippen molar-refractivity contribution in [2.45, 2.75) is 0 Å². The van der Waals surface area contributed by atoms with Gasteiger partial charge in [0.2, 0.25) is 0 Å². The second-order valence-corrected chi connectivity index (χ2v) is 1.45. The van der Waals surface area contributed by atoms with Crippen LogP contribution >= 0.6 is 8.61 Å². The second kappa shape index (κ2) is 2.43. The van der Waals surface area contributed by atoms with E-state index in [1.165, 1.54) is 12.5 Å². The first-order valence-corrected chi connectivity index (χ1v) is 2.72. The van der Waals surface area contributed by atoms with Crippen molar-refractivity contribution in [3.8, 4) is 0 Å². The highest BCUT2D eigenvalue weighted by atomic mass is 31.1. The van der Waals surface area contributed by atoms with Gasteiger partial charge in [0.15, 0.2) is 0 Å². The van der Waals surface area contributed by atoms with Gasteiger partial charge >= 0.3 is 6.01 Å². The first kappa shape index (κ1) is 5.25. The van der Waals surface area contributed by atoms with Gasteiger partial charge in [-0.15, -0.1) is 0 Å². The number of oxazole rings is 1. The highest BCUT2D eigenvalue weighted by Gasteiger charge is 1.89. The number of rotatable bonds is 2. The van der Waals surface area contributed by atoms with Crippen LogP contribution in [0.2, 0.25) is 0 Å². The molecule has 1 aromatic heterocycles. The summed E-state index contributed by atoms with van der Waals surface area (Å²) >= 11 is 0. The van der Waals surface area contributed by atoms with E-state index in [2.05, 4.69) is 14.5 Å². The number of nitrogens with zero attached hydrogens (tertiary/aromatic N) is 1. The molecule has 8 heavy (non-hydrogen) atoms. The van der Waals surface area contributed by atoms with Crippen molar-refractivity contribution in [1.29, 1.82) is 0 Å². The fraction of sp³-hybridized carbons (Fsp3) is 0. The van der Waals surface area contributed by atoms with Crippen LogP contribution in [0.4, 0.5) is 6.01 Å². The largest absolute Gasteiger partial charge is 0.432 e. The minimum atomic E-state index is -0.200. The zero-order valence-corrected chi connectivity index (χ0v) is 4.76. The molecule has 0 radical (unpaired) electrons. The molecule has 0 bridgehead atoms. The summed E-state index contributed by atoms with van der Waals surface area (Å²) in [6.07, 6.45) is 2.86. The van der Waals surface area contributed by atoms with Crippen LogP contribution in [0.25, 0.3) is 0 Å². The normalized spacial score (nSPS) is 9.50. The minimum Gasteiger partial charge on any atom is -0.432 e. The molecule has 0 saturated heterocycles. The lowest BCUT2D eigenvalue weighted by atomic mass is 11.0. The molecule has 4 nitrogen and oxygen atoms in total. The van der Waals surface area contributed by atoms with Crippen LogP contribution in [0.15, 0.2) is 16.9 Å². The standard InChI is InChI=1S/C3H3N2O2P/c6-8-5-3-4-1-2-7-3/h1-2H,(H,4,5,6). The van der Waals surface area contributed by atoms with Gasteiger partial charge in [-0.2, -0.15) is 0 Å². The fourth-order valence-electron chi connectivity index (χ4n) is 0.318. The molecule has 0 amide bonds. The topological polar surface area (TPSA) is 55.1 Å². The Morgan fingerprint density at radius 1 is 1.88 bits per heavy atom. The second-order valence-electron chi connectivity index (χ2n) is 1.04. The Morgan fingerprint density at radius 2 is 2.75 bits per heavy atom. The maximum atomic E-state index is 9.76. The number of nitrogens with one attached hydrogen (secondary N) is 1. The maximum Gasteiger partial charge on any atom is 0.304 e. The van der Waals surface area contributed by atoms with Crippen LogP contribution in [0.3, 0.4) is 0 Å². The molecule has 0 aliphatic heterocycles. The Balaban J connectivity index is 2.62. The minimum absolute atomic E-state index is 0.200. The summed E-state index contributed by atoms with van der Waals surface area (Å²) in [5.41, 5.74) is 0. The number of anilines is 1. The predicted octanol–water partition coefficient (Wildman–Crippen LogP) is 1.29. The Kier molecular flexibility index (Phi) is 1.59. The molecule has 42 valence electrons. The molecule has 0 aliphatic rings. The van der Waals surface area contributed by atoms with Crippen molar-refractivity contribution >= 4 is 14.6 Å². The van der Waals surface area contributed by atoms with Crippen LogP contribution in [0.1, 0.15) is 0 Å². The van der Waals surface area contributed by atoms with Crippen molar-refractivity contribution in [3.63, 3.8) is 0 Å². The highest BCUT2D eigenvalue weighted by Crippen LogP contribution is 2.04. The van der Waals surface area contributed by atoms with E-state index in [-0.39, 0.29) is 14.6 Å². The van der Waals surface area contributed by atoms with Gasteiger partial charge < -0.3 is 4.42 Å². The Labute approximate surface area is 47.2 Å². The van der Waals surface area contributed by atoms with Gasteiger partial charge in [0.05, 0.1) is 6.20 Å². The van der Waals surface area contributed by atoms with Gasteiger partial charge in [-0.25, -0.2) is 9.55 Å². The first-order valence-electron chi connectivity index (χ1n) is 1.91. The van der Waals surface area contributed by atoms with E-state index in [0.29, 0.717) is 0 Å². The lowest BCUT2D eigenvalue weighted by Crippen LogP contribution is -1.75. The van der Waals surface area contributed by atoms with E-state index in [1.807, 2.05) is 0 Å². The monoisotopic (exact) mass is 130 g/mol. The van der Waals surface area contributed by atoms with Gasteiger partial charge in [0.25, 0.3) is 8.61 Å². The van der Waals surface area contributed by atoms with Gasteiger partial charge in [-0.05, 0) is 0 Å². The fourth-order valence-corrected chi connectivity index (χ4v) is 0.506. The van der Waals surface area contributed by atoms with Crippen molar-refractivity contribution < 1.29 is 8.98 Å². The van der Waals surface area contributed by atoms with Crippen LogP contribution in [0, 0.1) is 0 Å². The van der Waals surface area contributed by atoms with Crippen molar-refractivity contribution in [1.82, 2.24) is 4.98 Å². The van der Waals surface area contributed by atoms with Gasteiger partial charge in [-0.1, -0.05) is 0 Å². The quantitative estimate of drug-likeness (QED) is 0.613. The molecular weight excluding hydrogens is 127 g/mol. The highest BCUT2D eigenvalue weighted by molar-refractivity contribution is 7.25. The Bertz CT molecular complexity index is 162. The molecule has 0 aliphatic carbocycles. The smallest absolute Gasteiger partial charge is 0.304 e. The lowest BCUT2D eigenvalue weighted by molar-refractivity contribution is 0.574. The van der Waals surface area contributed by atoms with Crippen LogP contribution in [-0.4, -0.2) is 4.98 Å². The number of hydrogen-bond acceptors (Lipinski definition) is 3. The average Bonchev–Trinajstić information content (AvgIpc) is 2.19. The molecule has 0 spiro atoms. The summed E-state index contributed by atoms with van der Waals surface area (Å²) in [7, 11) is -0.200.